The Labute approximate surface area is 70.0 Å². The maximum atomic E-state index is 3.45. The van der Waals surface area contributed by atoms with Gasteiger partial charge in [0.2, 0.25) is 0 Å². The van der Waals surface area contributed by atoms with E-state index in [1.165, 1.54) is 5.56 Å². The Hall–Kier alpha value is -0.240. The molecule has 0 saturated carbocycles. The fourth-order valence-electron chi connectivity index (χ4n) is 0.928. The summed E-state index contributed by atoms with van der Waals surface area (Å²) < 4.78 is 1.10. The van der Waals surface area contributed by atoms with Gasteiger partial charge in [0.1, 0.15) is 0 Å². The molecule has 0 atom stereocenters. The first kappa shape index (κ1) is 7.86. The molecule has 56 valence electrons. The van der Waals surface area contributed by atoms with Crippen molar-refractivity contribution in [3.05, 3.63) is 22.4 Å². The molecule has 0 spiro atoms. The van der Waals surface area contributed by atoms with Gasteiger partial charge in [0.05, 0.1) is 4.60 Å². The fraction of sp³-hybridized carbons (Fsp3) is 0.500. The second kappa shape index (κ2) is 2.42. The molecule has 1 aromatic rings. The van der Waals surface area contributed by atoms with Crippen LogP contribution >= 0.6 is 15.9 Å². The number of hydrogen-bond donors (Lipinski definition) is 1. The molecule has 0 saturated heterocycles. The standard InChI is InChI=1S/C8H12BrN/c1-8(2,3)6-4-5-10-7(6)9/h4-5,10H,1-3H3. The lowest BCUT2D eigenvalue weighted by Gasteiger charge is -2.16. The van der Waals surface area contributed by atoms with Crippen molar-refractivity contribution < 1.29 is 0 Å². The third-order valence-corrected chi connectivity index (χ3v) is 2.16. The smallest absolute Gasteiger partial charge is 0.0857 e. The van der Waals surface area contributed by atoms with Crippen LogP contribution in [0.5, 0.6) is 0 Å². The summed E-state index contributed by atoms with van der Waals surface area (Å²) in [5.41, 5.74) is 1.56. The predicted molar refractivity (Wildman–Crippen MR) is 47.2 cm³/mol. The van der Waals surface area contributed by atoms with E-state index in [1.807, 2.05) is 6.20 Å². The Morgan fingerprint density at radius 3 is 2.20 bits per heavy atom. The fourth-order valence-corrected chi connectivity index (χ4v) is 1.79. The first-order valence-corrected chi connectivity index (χ1v) is 4.14. The Balaban J connectivity index is 3.05. The van der Waals surface area contributed by atoms with E-state index in [0.717, 1.165) is 4.60 Å². The molecular formula is C8H12BrN. The molecule has 1 rings (SSSR count). The van der Waals surface area contributed by atoms with Crippen LogP contribution in [0.1, 0.15) is 26.3 Å². The van der Waals surface area contributed by atoms with E-state index in [9.17, 15) is 0 Å². The normalized spacial score (nSPS) is 12.0. The number of hydrogen-bond acceptors (Lipinski definition) is 0. The highest BCUT2D eigenvalue weighted by molar-refractivity contribution is 9.10. The Morgan fingerprint density at radius 2 is 2.00 bits per heavy atom. The SMILES string of the molecule is CC(C)(C)c1cc[nH]c1Br. The molecule has 2 heteroatoms. The second-order valence-corrected chi connectivity index (χ2v) is 4.25. The van der Waals surface area contributed by atoms with Gasteiger partial charge in [-0.3, -0.25) is 0 Å². The van der Waals surface area contributed by atoms with E-state index in [4.69, 9.17) is 0 Å². The molecule has 0 unspecified atom stereocenters. The van der Waals surface area contributed by atoms with Crippen molar-refractivity contribution >= 4 is 15.9 Å². The third kappa shape index (κ3) is 1.43. The molecule has 1 nitrogen and oxygen atoms in total. The number of aromatic amines is 1. The topological polar surface area (TPSA) is 15.8 Å². The quantitative estimate of drug-likeness (QED) is 0.665. The van der Waals surface area contributed by atoms with Gasteiger partial charge >= 0.3 is 0 Å². The highest BCUT2D eigenvalue weighted by Gasteiger charge is 2.16. The van der Waals surface area contributed by atoms with Gasteiger partial charge in [-0.25, -0.2) is 0 Å². The minimum atomic E-state index is 0.235. The average Bonchev–Trinajstić information content (AvgIpc) is 2.11. The molecule has 1 heterocycles. The van der Waals surface area contributed by atoms with E-state index in [1.54, 1.807) is 0 Å². The first-order valence-electron chi connectivity index (χ1n) is 3.35. The summed E-state index contributed by atoms with van der Waals surface area (Å²) >= 11 is 3.45. The van der Waals surface area contributed by atoms with Crippen LogP contribution in [0, 0.1) is 0 Å². The van der Waals surface area contributed by atoms with Crippen molar-refractivity contribution in [3.8, 4) is 0 Å². The van der Waals surface area contributed by atoms with Gasteiger partial charge in [0.15, 0.2) is 0 Å². The van der Waals surface area contributed by atoms with Gasteiger partial charge in [-0.2, -0.15) is 0 Å². The van der Waals surface area contributed by atoms with Crippen LogP contribution in [-0.4, -0.2) is 4.98 Å². The van der Waals surface area contributed by atoms with Crippen LogP contribution in [0.3, 0.4) is 0 Å². The molecule has 0 aliphatic carbocycles. The zero-order valence-corrected chi connectivity index (χ0v) is 8.12. The van der Waals surface area contributed by atoms with Crippen molar-refractivity contribution in [1.82, 2.24) is 4.98 Å². The Morgan fingerprint density at radius 1 is 1.40 bits per heavy atom. The molecule has 0 amide bonds. The molecule has 0 aliphatic heterocycles. The lowest BCUT2D eigenvalue weighted by atomic mass is 9.89. The molecule has 1 N–H and O–H groups in total. The number of aromatic nitrogens is 1. The van der Waals surface area contributed by atoms with Gasteiger partial charge in [-0.05, 0) is 33.0 Å². The van der Waals surface area contributed by atoms with Gasteiger partial charge in [0, 0.05) is 6.20 Å². The van der Waals surface area contributed by atoms with Crippen LogP contribution in [0.15, 0.2) is 16.9 Å². The predicted octanol–water partition coefficient (Wildman–Crippen LogP) is 3.07. The van der Waals surface area contributed by atoms with Crippen molar-refractivity contribution in [2.24, 2.45) is 0 Å². The number of rotatable bonds is 0. The summed E-state index contributed by atoms with van der Waals surface area (Å²) in [7, 11) is 0. The molecule has 1 aromatic heterocycles. The minimum absolute atomic E-state index is 0.235. The van der Waals surface area contributed by atoms with E-state index in [2.05, 4.69) is 47.8 Å². The summed E-state index contributed by atoms with van der Waals surface area (Å²) in [6, 6.07) is 2.10. The molecule has 0 fully saturated rings. The lowest BCUT2D eigenvalue weighted by molar-refractivity contribution is 0.588. The Kier molecular flexibility index (Phi) is 1.90. The zero-order chi connectivity index (χ0) is 7.78. The first-order chi connectivity index (χ1) is 4.52. The molecule has 10 heavy (non-hydrogen) atoms. The summed E-state index contributed by atoms with van der Waals surface area (Å²) in [4.78, 5) is 3.09. The molecule has 0 aromatic carbocycles. The molecule has 0 radical (unpaired) electrons. The molecule has 0 aliphatic rings. The van der Waals surface area contributed by atoms with E-state index >= 15 is 0 Å². The third-order valence-electron chi connectivity index (χ3n) is 1.50. The van der Waals surface area contributed by atoms with Crippen molar-refractivity contribution in [2.45, 2.75) is 26.2 Å². The largest absolute Gasteiger partial charge is 0.356 e. The van der Waals surface area contributed by atoms with Gasteiger partial charge < -0.3 is 4.98 Å². The van der Waals surface area contributed by atoms with Gasteiger partial charge in [0.25, 0.3) is 0 Å². The van der Waals surface area contributed by atoms with Crippen LogP contribution in [0.25, 0.3) is 0 Å². The lowest BCUT2D eigenvalue weighted by Crippen LogP contribution is -2.10. The highest BCUT2D eigenvalue weighted by atomic mass is 79.9. The number of halogens is 1. The van der Waals surface area contributed by atoms with E-state index in [-0.39, 0.29) is 5.41 Å². The highest BCUT2D eigenvalue weighted by Crippen LogP contribution is 2.28. The monoisotopic (exact) mass is 201 g/mol. The molecule has 0 bridgehead atoms. The van der Waals surface area contributed by atoms with E-state index in [0.29, 0.717) is 0 Å². The number of H-pyrrole nitrogens is 1. The Bertz CT molecular complexity index is 219. The second-order valence-electron chi connectivity index (χ2n) is 3.46. The maximum Gasteiger partial charge on any atom is 0.0857 e. The summed E-state index contributed by atoms with van der Waals surface area (Å²) in [5, 5.41) is 0. The van der Waals surface area contributed by atoms with Gasteiger partial charge in [-0.1, -0.05) is 20.8 Å². The van der Waals surface area contributed by atoms with Crippen molar-refractivity contribution in [2.75, 3.05) is 0 Å². The van der Waals surface area contributed by atoms with Crippen LogP contribution in [0.2, 0.25) is 0 Å². The maximum absolute atomic E-state index is 3.45. The number of nitrogens with one attached hydrogen (secondary N) is 1. The minimum Gasteiger partial charge on any atom is -0.356 e. The summed E-state index contributed by atoms with van der Waals surface area (Å²) in [6.45, 7) is 6.59. The zero-order valence-electron chi connectivity index (χ0n) is 6.53. The van der Waals surface area contributed by atoms with Crippen LogP contribution < -0.4 is 0 Å². The average molecular weight is 202 g/mol. The summed E-state index contributed by atoms with van der Waals surface area (Å²) in [5.74, 6) is 0. The van der Waals surface area contributed by atoms with Crippen LogP contribution in [-0.2, 0) is 5.41 Å². The summed E-state index contributed by atoms with van der Waals surface area (Å²) in [6.07, 6.45) is 1.95. The van der Waals surface area contributed by atoms with E-state index < -0.39 is 0 Å². The van der Waals surface area contributed by atoms with Gasteiger partial charge in [-0.15, -0.1) is 0 Å². The van der Waals surface area contributed by atoms with Crippen molar-refractivity contribution in [1.29, 1.82) is 0 Å². The van der Waals surface area contributed by atoms with Crippen molar-refractivity contribution in [3.63, 3.8) is 0 Å². The molecular weight excluding hydrogens is 190 g/mol. The van der Waals surface area contributed by atoms with Crippen LogP contribution in [0.4, 0.5) is 0 Å².